The number of nitrogens with one attached hydrogen (secondary N) is 1. The van der Waals surface area contributed by atoms with E-state index >= 15 is 0 Å². The van der Waals surface area contributed by atoms with Gasteiger partial charge in [-0.25, -0.2) is 4.79 Å². The molecule has 29 heavy (non-hydrogen) atoms. The maximum Gasteiger partial charge on any atom is 0.331 e. The molecule has 3 rings (SSSR count). The molecular weight excluding hydrogens is 366 g/mol. The fraction of sp³-hybridized carbons (Fsp3) is 0.261. The molecule has 2 atom stereocenters. The van der Waals surface area contributed by atoms with Crippen molar-refractivity contribution >= 4 is 11.9 Å². The van der Waals surface area contributed by atoms with Crippen LogP contribution in [0.1, 0.15) is 40.3 Å². The quantitative estimate of drug-likeness (QED) is 0.626. The highest BCUT2D eigenvalue weighted by atomic mass is 16.5. The van der Waals surface area contributed by atoms with Crippen molar-refractivity contribution in [1.82, 2.24) is 15.1 Å². The van der Waals surface area contributed by atoms with Gasteiger partial charge in [-0.3, -0.25) is 9.48 Å². The molecule has 0 unspecified atom stereocenters. The summed E-state index contributed by atoms with van der Waals surface area (Å²) in [5.74, 6) is -0.843. The molecule has 1 amide bonds. The molecule has 1 N–H and O–H groups in total. The third-order valence-electron chi connectivity index (χ3n) is 4.63. The fourth-order valence-corrected chi connectivity index (χ4v) is 3.37. The smallest absolute Gasteiger partial charge is 0.331 e. The van der Waals surface area contributed by atoms with Crippen molar-refractivity contribution in [3.05, 3.63) is 89.2 Å². The maximum absolute atomic E-state index is 12.9. The summed E-state index contributed by atoms with van der Waals surface area (Å²) >= 11 is 0. The Morgan fingerprint density at radius 3 is 2.21 bits per heavy atom. The van der Waals surface area contributed by atoms with Crippen LogP contribution >= 0.6 is 0 Å². The van der Waals surface area contributed by atoms with Crippen molar-refractivity contribution in [2.45, 2.75) is 32.9 Å². The molecule has 0 bridgehead atoms. The fourth-order valence-electron chi connectivity index (χ4n) is 3.37. The van der Waals surface area contributed by atoms with E-state index in [-0.39, 0.29) is 12.5 Å². The number of hydrogen-bond donors (Lipinski definition) is 1. The van der Waals surface area contributed by atoms with Gasteiger partial charge in [-0.1, -0.05) is 48.5 Å². The average molecular weight is 391 g/mol. The molecule has 0 aliphatic rings. The van der Waals surface area contributed by atoms with Crippen molar-refractivity contribution < 1.29 is 14.3 Å². The number of nitrogens with zero attached hydrogens (tertiary/aromatic N) is 2. The average Bonchev–Trinajstić information content (AvgIpc) is 3.06. The monoisotopic (exact) mass is 391 g/mol. The summed E-state index contributed by atoms with van der Waals surface area (Å²) in [4.78, 5) is 25.8. The molecule has 0 saturated carbocycles. The van der Waals surface area contributed by atoms with Gasteiger partial charge in [-0.15, -0.1) is 0 Å². The molecule has 6 nitrogen and oxygen atoms in total. The number of rotatable bonds is 7. The highest BCUT2D eigenvalue weighted by molar-refractivity contribution is 5.97. The predicted molar refractivity (Wildman–Crippen MR) is 111 cm³/mol. The predicted octanol–water partition coefficient (Wildman–Crippen LogP) is 3.45. The molecule has 0 aliphatic heterocycles. The van der Waals surface area contributed by atoms with E-state index < -0.39 is 18.1 Å². The Labute approximate surface area is 170 Å². The zero-order chi connectivity index (χ0) is 20.8. The summed E-state index contributed by atoms with van der Waals surface area (Å²) in [6.07, 6.45) is 0. The number of aromatic nitrogens is 2. The molecule has 150 valence electrons. The van der Waals surface area contributed by atoms with Gasteiger partial charge in [-0.05, 0) is 44.5 Å². The third kappa shape index (κ3) is 4.71. The molecule has 1 aromatic heterocycles. The van der Waals surface area contributed by atoms with Crippen LogP contribution in [0, 0.1) is 13.8 Å². The topological polar surface area (TPSA) is 73.2 Å². The number of carbonyl (C=O) groups excluding carboxylic acids is 2. The molecule has 0 spiro atoms. The summed E-state index contributed by atoms with van der Waals surface area (Å²) in [5, 5.41) is 7.47. The van der Waals surface area contributed by atoms with E-state index in [9.17, 15) is 9.59 Å². The van der Waals surface area contributed by atoms with Crippen molar-refractivity contribution in [3.63, 3.8) is 0 Å². The van der Waals surface area contributed by atoms with Crippen molar-refractivity contribution in [1.29, 1.82) is 0 Å². The summed E-state index contributed by atoms with van der Waals surface area (Å²) in [6.45, 7) is 5.79. The Hall–Kier alpha value is -3.41. The summed E-state index contributed by atoms with van der Waals surface area (Å²) in [6, 6.07) is 18.8. The first-order valence-electron chi connectivity index (χ1n) is 9.61. The second-order valence-corrected chi connectivity index (χ2v) is 6.80. The minimum Gasteiger partial charge on any atom is -0.464 e. The van der Waals surface area contributed by atoms with E-state index in [0.29, 0.717) is 5.56 Å². The molecule has 2 aromatic carbocycles. The lowest BCUT2D eigenvalue weighted by Gasteiger charge is -2.28. The van der Waals surface area contributed by atoms with Crippen LogP contribution in [0.5, 0.6) is 0 Å². The van der Waals surface area contributed by atoms with Gasteiger partial charge in [-0.2, -0.15) is 5.10 Å². The summed E-state index contributed by atoms with van der Waals surface area (Å²) in [5.41, 5.74) is 3.05. The lowest BCUT2D eigenvalue weighted by molar-refractivity contribution is -0.146. The molecular formula is C23H25N3O3. The molecule has 0 fully saturated rings. The molecule has 0 aliphatic carbocycles. The normalized spacial score (nSPS) is 12.8. The van der Waals surface area contributed by atoms with E-state index in [0.717, 1.165) is 17.0 Å². The first-order chi connectivity index (χ1) is 14.0. The van der Waals surface area contributed by atoms with Crippen LogP contribution in [0.3, 0.4) is 0 Å². The second-order valence-electron chi connectivity index (χ2n) is 6.80. The minimum absolute atomic E-state index is 0.217. The second kappa shape index (κ2) is 9.19. The van der Waals surface area contributed by atoms with Gasteiger partial charge in [0.25, 0.3) is 5.91 Å². The van der Waals surface area contributed by atoms with Gasteiger partial charge in [0.05, 0.1) is 12.3 Å². The van der Waals surface area contributed by atoms with Gasteiger partial charge >= 0.3 is 5.97 Å². The first-order valence-corrected chi connectivity index (χ1v) is 9.61. The Kier molecular flexibility index (Phi) is 6.44. The Balaban J connectivity index is 2.06. The van der Waals surface area contributed by atoms with Crippen LogP contribution in [-0.4, -0.2) is 34.3 Å². The van der Waals surface area contributed by atoms with Crippen LogP contribution in [0.15, 0.2) is 66.7 Å². The zero-order valence-corrected chi connectivity index (χ0v) is 16.8. The van der Waals surface area contributed by atoms with Crippen molar-refractivity contribution in [2.24, 2.45) is 0 Å². The van der Waals surface area contributed by atoms with Crippen LogP contribution in [-0.2, 0) is 9.53 Å². The molecule has 3 aromatic rings. The number of amides is 1. The van der Waals surface area contributed by atoms with E-state index in [1.54, 1.807) is 35.9 Å². The standard InChI is InChI=1S/C23H25N3O3/c1-4-29-23(28)20(24-22(27)19-13-9-6-10-14-19)21(18-11-7-5-8-12-18)26-17(3)15-16(2)25-26/h5-15,20-21H,4H2,1-3H3,(H,24,27)/t20-,21-/m0/s1. The Morgan fingerprint density at radius 1 is 1.03 bits per heavy atom. The molecule has 1 heterocycles. The van der Waals surface area contributed by atoms with Gasteiger partial charge in [0.1, 0.15) is 6.04 Å². The van der Waals surface area contributed by atoms with E-state index in [1.807, 2.05) is 56.3 Å². The number of benzene rings is 2. The van der Waals surface area contributed by atoms with Crippen LogP contribution in [0.25, 0.3) is 0 Å². The first kappa shape index (κ1) is 20.3. The lowest BCUT2D eigenvalue weighted by atomic mass is 9.98. The van der Waals surface area contributed by atoms with Gasteiger partial charge in [0.15, 0.2) is 6.04 Å². The van der Waals surface area contributed by atoms with Crippen molar-refractivity contribution in [2.75, 3.05) is 6.61 Å². The number of hydrogen-bond acceptors (Lipinski definition) is 4. The summed E-state index contributed by atoms with van der Waals surface area (Å²) < 4.78 is 7.09. The number of ether oxygens (including phenoxy) is 1. The van der Waals surface area contributed by atoms with Crippen LogP contribution in [0.4, 0.5) is 0 Å². The number of esters is 1. The number of aryl methyl sites for hydroxylation is 2. The largest absolute Gasteiger partial charge is 0.464 e. The van der Waals surface area contributed by atoms with Crippen LogP contribution < -0.4 is 5.32 Å². The van der Waals surface area contributed by atoms with Crippen molar-refractivity contribution in [3.8, 4) is 0 Å². The van der Waals surface area contributed by atoms with E-state index in [4.69, 9.17) is 4.74 Å². The highest BCUT2D eigenvalue weighted by Crippen LogP contribution is 2.25. The van der Waals surface area contributed by atoms with Crippen LogP contribution in [0.2, 0.25) is 0 Å². The lowest BCUT2D eigenvalue weighted by Crippen LogP contribution is -2.48. The minimum atomic E-state index is -0.942. The van der Waals surface area contributed by atoms with Gasteiger partial charge in [0, 0.05) is 11.3 Å². The Morgan fingerprint density at radius 2 is 1.66 bits per heavy atom. The van der Waals surface area contributed by atoms with E-state index in [2.05, 4.69) is 10.4 Å². The molecule has 0 saturated heterocycles. The summed E-state index contributed by atoms with van der Waals surface area (Å²) in [7, 11) is 0. The highest BCUT2D eigenvalue weighted by Gasteiger charge is 2.35. The molecule has 0 radical (unpaired) electrons. The number of carbonyl (C=O) groups is 2. The third-order valence-corrected chi connectivity index (χ3v) is 4.63. The SMILES string of the molecule is CCOC(=O)[C@@H](NC(=O)c1ccccc1)[C@H](c1ccccc1)n1nc(C)cc1C. The van der Waals surface area contributed by atoms with E-state index in [1.165, 1.54) is 0 Å². The Bertz CT molecular complexity index is 968. The maximum atomic E-state index is 12.9. The molecule has 6 heteroatoms. The van der Waals surface area contributed by atoms with Gasteiger partial charge < -0.3 is 10.1 Å². The van der Waals surface area contributed by atoms with Gasteiger partial charge in [0.2, 0.25) is 0 Å². The zero-order valence-electron chi connectivity index (χ0n) is 16.8.